The van der Waals surface area contributed by atoms with Gasteiger partial charge < -0.3 is 9.47 Å². The Kier molecular flexibility index (Phi) is 4.25. The lowest BCUT2D eigenvalue weighted by molar-refractivity contribution is 0.0381. The second-order valence-corrected chi connectivity index (χ2v) is 4.01. The third kappa shape index (κ3) is 3.38. The van der Waals surface area contributed by atoms with Gasteiger partial charge in [-0.1, -0.05) is 22.9 Å². The number of aryl methyl sites for hydroxylation is 1. The van der Waals surface area contributed by atoms with E-state index in [1.54, 1.807) is 13.3 Å². The maximum absolute atomic E-state index is 11.6. The number of rotatable bonds is 5. The molecule has 2 aromatic rings. The zero-order chi connectivity index (χ0) is 13.7. The molecule has 0 aliphatic rings. The van der Waals surface area contributed by atoms with Crippen molar-refractivity contribution in [3.8, 4) is 5.69 Å². The largest absolute Gasteiger partial charge is 0.458 e. The summed E-state index contributed by atoms with van der Waals surface area (Å²) < 4.78 is 11.3. The van der Waals surface area contributed by atoms with Gasteiger partial charge in [0.05, 0.1) is 18.5 Å². The van der Waals surface area contributed by atoms with Gasteiger partial charge >= 0.3 is 5.97 Å². The first-order valence-electron chi connectivity index (χ1n) is 5.86. The van der Waals surface area contributed by atoms with Crippen LogP contribution in [-0.2, 0) is 9.47 Å². The van der Waals surface area contributed by atoms with E-state index in [-0.39, 0.29) is 12.3 Å². The van der Waals surface area contributed by atoms with E-state index in [4.69, 9.17) is 9.47 Å². The minimum Gasteiger partial charge on any atom is -0.458 e. The minimum absolute atomic E-state index is 0.177. The van der Waals surface area contributed by atoms with E-state index in [1.807, 2.05) is 31.2 Å². The Bertz CT molecular complexity index is 549. The number of hydrogen-bond donors (Lipinski definition) is 0. The van der Waals surface area contributed by atoms with Crippen molar-refractivity contribution in [3.63, 3.8) is 0 Å². The van der Waals surface area contributed by atoms with Crippen LogP contribution in [0.1, 0.15) is 16.1 Å². The number of methoxy groups -OCH3 is 1. The number of benzene rings is 1. The molecular weight excluding hydrogens is 246 g/mol. The van der Waals surface area contributed by atoms with Crippen LogP contribution in [0.15, 0.2) is 30.5 Å². The highest BCUT2D eigenvalue weighted by molar-refractivity contribution is 5.86. The van der Waals surface area contributed by atoms with Gasteiger partial charge in [0.2, 0.25) is 0 Å². The van der Waals surface area contributed by atoms with E-state index in [2.05, 4.69) is 10.3 Å². The highest BCUT2D eigenvalue weighted by atomic mass is 16.6. The standard InChI is InChI=1S/C13H15N3O3/c1-10-3-5-11(6-4-10)16-9-12(14-15-16)13(17)19-8-7-18-2/h3-6,9H,7-8H2,1-2H3. The third-order valence-corrected chi connectivity index (χ3v) is 2.52. The number of carbonyl (C=O) groups is 1. The summed E-state index contributed by atoms with van der Waals surface area (Å²) in [6.45, 7) is 2.56. The molecule has 0 bridgehead atoms. The van der Waals surface area contributed by atoms with E-state index in [9.17, 15) is 4.79 Å². The summed E-state index contributed by atoms with van der Waals surface area (Å²) in [5.41, 5.74) is 2.17. The molecule has 0 aliphatic heterocycles. The Labute approximate surface area is 110 Å². The van der Waals surface area contributed by atoms with Crippen molar-refractivity contribution in [2.24, 2.45) is 0 Å². The Hall–Kier alpha value is -2.21. The van der Waals surface area contributed by atoms with Crippen molar-refractivity contribution < 1.29 is 14.3 Å². The number of ether oxygens (including phenoxy) is 2. The quantitative estimate of drug-likeness (QED) is 0.601. The van der Waals surface area contributed by atoms with Crippen LogP contribution in [0.4, 0.5) is 0 Å². The molecule has 0 aliphatic carbocycles. The third-order valence-electron chi connectivity index (χ3n) is 2.52. The average molecular weight is 261 g/mol. The average Bonchev–Trinajstić information content (AvgIpc) is 2.89. The molecule has 1 aromatic carbocycles. The highest BCUT2D eigenvalue weighted by Crippen LogP contribution is 2.08. The van der Waals surface area contributed by atoms with Crippen LogP contribution < -0.4 is 0 Å². The van der Waals surface area contributed by atoms with Crippen LogP contribution in [0.3, 0.4) is 0 Å². The first-order valence-corrected chi connectivity index (χ1v) is 5.86. The van der Waals surface area contributed by atoms with E-state index >= 15 is 0 Å². The molecule has 19 heavy (non-hydrogen) atoms. The van der Waals surface area contributed by atoms with Gasteiger partial charge in [-0.3, -0.25) is 0 Å². The predicted molar refractivity (Wildman–Crippen MR) is 68.3 cm³/mol. The molecule has 0 saturated carbocycles. The molecule has 6 nitrogen and oxygen atoms in total. The molecule has 2 rings (SSSR count). The monoisotopic (exact) mass is 261 g/mol. The fraction of sp³-hybridized carbons (Fsp3) is 0.308. The smallest absolute Gasteiger partial charge is 0.360 e. The molecule has 6 heteroatoms. The summed E-state index contributed by atoms with van der Waals surface area (Å²) in [6.07, 6.45) is 1.54. The van der Waals surface area contributed by atoms with Gasteiger partial charge in [-0.25, -0.2) is 9.48 Å². The first-order chi connectivity index (χ1) is 9.20. The second kappa shape index (κ2) is 6.10. The predicted octanol–water partition coefficient (Wildman–Crippen LogP) is 1.38. The van der Waals surface area contributed by atoms with Gasteiger partial charge in [0, 0.05) is 7.11 Å². The molecule has 0 atom stereocenters. The fourth-order valence-electron chi connectivity index (χ4n) is 1.47. The van der Waals surface area contributed by atoms with Gasteiger partial charge in [-0.05, 0) is 19.1 Å². The van der Waals surface area contributed by atoms with Crippen LogP contribution in [-0.4, -0.2) is 41.3 Å². The molecule has 100 valence electrons. The molecule has 0 fully saturated rings. The molecule has 0 radical (unpaired) electrons. The Morgan fingerprint density at radius 3 is 2.68 bits per heavy atom. The molecule has 0 unspecified atom stereocenters. The van der Waals surface area contributed by atoms with Crippen molar-refractivity contribution in [1.29, 1.82) is 0 Å². The molecule has 0 amide bonds. The Morgan fingerprint density at radius 2 is 2.00 bits per heavy atom. The molecule has 0 spiro atoms. The van der Waals surface area contributed by atoms with Crippen LogP contribution >= 0.6 is 0 Å². The topological polar surface area (TPSA) is 66.2 Å². The summed E-state index contributed by atoms with van der Waals surface area (Å²) in [5, 5.41) is 7.69. The summed E-state index contributed by atoms with van der Waals surface area (Å²) in [7, 11) is 1.54. The highest BCUT2D eigenvalue weighted by Gasteiger charge is 2.12. The zero-order valence-corrected chi connectivity index (χ0v) is 10.9. The number of carbonyl (C=O) groups excluding carboxylic acids is 1. The van der Waals surface area contributed by atoms with Crippen LogP contribution in [0.25, 0.3) is 5.69 Å². The summed E-state index contributed by atoms with van der Waals surface area (Å²) >= 11 is 0. The first kappa shape index (κ1) is 13.2. The number of nitrogens with zero attached hydrogens (tertiary/aromatic N) is 3. The maximum Gasteiger partial charge on any atom is 0.360 e. The molecule has 1 aromatic heterocycles. The van der Waals surface area contributed by atoms with Gasteiger partial charge in [0.25, 0.3) is 0 Å². The van der Waals surface area contributed by atoms with Crippen molar-refractivity contribution in [3.05, 3.63) is 41.7 Å². The molecule has 0 N–H and O–H groups in total. The lowest BCUT2D eigenvalue weighted by Gasteiger charge is -2.01. The van der Waals surface area contributed by atoms with E-state index < -0.39 is 5.97 Å². The SMILES string of the molecule is COCCOC(=O)c1cn(-c2ccc(C)cc2)nn1. The van der Waals surface area contributed by atoms with Crippen molar-refractivity contribution in [2.45, 2.75) is 6.92 Å². The van der Waals surface area contributed by atoms with Gasteiger partial charge in [0.15, 0.2) is 5.69 Å². The Balaban J connectivity index is 2.06. The minimum atomic E-state index is -0.504. The number of hydrogen-bond acceptors (Lipinski definition) is 5. The lowest BCUT2D eigenvalue weighted by atomic mass is 10.2. The van der Waals surface area contributed by atoms with Crippen molar-refractivity contribution in [1.82, 2.24) is 15.0 Å². The number of esters is 1. The fourth-order valence-corrected chi connectivity index (χ4v) is 1.47. The lowest BCUT2D eigenvalue weighted by Crippen LogP contribution is -2.10. The summed E-state index contributed by atoms with van der Waals surface area (Å²) in [4.78, 5) is 11.6. The Morgan fingerprint density at radius 1 is 1.26 bits per heavy atom. The van der Waals surface area contributed by atoms with Crippen molar-refractivity contribution >= 4 is 5.97 Å². The van der Waals surface area contributed by atoms with E-state index in [0.29, 0.717) is 6.61 Å². The number of aromatic nitrogens is 3. The van der Waals surface area contributed by atoms with Gasteiger partial charge in [-0.15, -0.1) is 5.10 Å². The normalized spacial score (nSPS) is 10.4. The molecule has 1 heterocycles. The maximum atomic E-state index is 11.6. The van der Waals surface area contributed by atoms with Crippen LogP contribution in [0.2, 0.25) is 0 Å². The van der Waals surface area contributed by atoms with E-state index in [0.717, 1.165) is 11.3 Å². The van der Waals surface area contributed by atoms with Crippen LogP contribution in [0.5, 0.6) is 0 Å². The molecule has 0 saturated heterocycles. The summed E-state index contributed by atoms with van der Waals surface area (Å²) in [5.74, 6) is -0.504. The van der Waals surface area contributed by atoms with Crippen LogP contribution in [0, 0.1) is 6.92 Å². The van der Waals surface area contributed by atoms with Gasteiger partial charge in [0.1, 0.15) is 6.61 Å². The second-order valence-electron chi connectivity index (χ2n) is 4.01. The zero-order valence-electron chi connectivity index (χ0n) is 10.9. The summed E-state index contributed by atoms with van der Waals surface area (Å²) in [6, 6.07) is 7.75. The van der Waals surface area contributed by atoms with E-state index in [1.165, 1.54) is 4.68 Å². The van der Waals surface area contributed by atoms with Crippen molar-refractivity contribution in [2.75, 3.05) is 20.3 Å². The van der Waals surface area contributed by atoms with Gasteiger partial charge in [-0.2, -0.15) is 0 Å². The molecular formula is C13H15N3O3.